The zero-order valence-corrected chi connectivity index (χ0v) is 11.5. The molecule has 1 saturated heterocycles. The smallest absolute Gasteiger partial charge is 0.0252 e. The molecule has 1 N–H and O–H groups in total. The minimum atomic E-state index is 0.323. The monoisotopic (exact) mass is 236 g/mol. The summed E-state index contributed by atoms with van der Waals surface area (Å²) in [6, 6.07) is 0.851. The van der Waals surface area contributed by atoms with E-state index in [4.69, 9.17) is 0 Å². The summed E-state index contributed by atoms with van der Waals surface area (Å²) in [4.78, 5) is 2.84. The molecule has 3 aliphatic rings. The van der Waals surface area contributed by atoms with Crippen LogP contribution in [0.4, 0.5) is 0 Å². The standard InChI is InChI=1S/C15H28N2/c1-15(2)11-17(10-12-5-3-4-6-12)14(9-16-15)13-7-8-13/h12-14,16H,3-11H2,1-2H3. The molecule has 3 rings (SSSR count). The molecular weight excluding hydrogens is 208 g/mol. The first-order chi connectivity index (χ1) is 8.14. The molecule has 0 spiro atoms. The van der Waals surface area contributed by atoms with E-state index < -0.39 is 0 Å². The lowest BCUT2D eigenvalue weighted by Crippen LogP contribution is -2.62. The average molecular weight is 236 g/mol. The lowest BCUT2D eigenvalue weighted by atomic mass is 9.94. The Labute approximate surface area is 106 Å². The molecule has 0 aromatic carbocycles. The molecule has 0 bridgehead atoms. The predicted octanol–water partition coefficient (Wildman–Crippen LogP) is 2.64. The summed E-state index contributed by atoms with van der Waals surface area (Å²) < 4.78 is 0. The van der Waals surface area contributed by atoms with Gasteiger partial charge in [-0.3, -0.25) is 4.90 Å². The first-order valence-electron chi connectivity index (χ1n) is 7.63. The van der Waals surface area contributed by atoms with Crippen LogP contribution in [-0.4, -0.2) is 36.1 Å². The molecule has 1 aliphatic heterocycles. The van der Waals surface area contributed by atoms with E-state index in [1.807, 2.05) is 0 Å². The van der Waals surface area contributed by atoms with Crippen molar-refractivity contribution in [1.82, 2.24) is 10.2 Å². The highest BCUT2D eigenvalue weighted by Gasteiger charge is 2.41. The molecule has 0 radical (unpaired) electrons. The zero-order chi connectivity index (χ0) is 11.9. The van der Waals surface area contributed by atoms with Crippen molar-refractivity contribution in [3.8, 4) is 0 Å². The molecule has 3 fully saturated rings. The Kier molecular flexibility index (Phi) is 3.20. The van der Waals surface area contributed by atoms with Crippen LogP contribution in [0.25, 0.3) is 0 Å². The van der Waals surface area contributed by atoms with Gasteiger partial charge in [0.1, 0.15) is 0 Å². The summed E-state index contributed by atoms with van der Waals surface area (Å²) in [6.45, 7) is 8.58. The van der Waals surface area contributed by atoms with Crippen LogP contribution in [-0.2, 0) is 0 Å². The Morgan fingerprint density at radius 1 is 1.12 bits per heavy atom. The van der Waals surface area contributed by atoms with E-state index in [0.717, 1.165) is 17.9 Å². The van der Waals surface area contributed by atoms with Crippen LogP contribution in [0.1, 0.15) is 52.4 Å². The number of hydrogen-bond donors (Lipinski definition) is 1. The molecule has 0 aromatic heterocycles. The summed E-state index contributed by atoms with van der Waals surface area (Å²) in [5.41, 5.74) is 0.323. The summed E-state index contributed by atoms with van der Waals surface area (Å²) in [6.07, 6.45) is 8.90. The van der Waals surface area contributed by atoms with Crippen LogP contribution in [0, 0.1) is 11.8 Å². The van der Waals surface area contributed by atoms with Crippen molar-refractivity contribution in [1.29, 1.82) is 0 Å². The van der Waals surface area contributed by atoms with Crippen molar-refractivity contribution in [2.24, 2.45) is 11.8 Å². The van der Waals surface area contributed by atoms with Crippen molar-refractivity contribution < 1.29 is 0 Å². The molecule has 2 nitrogen and oxygen atoms in total. The highest BCUT2D eigenvalue weighted by atomic mass is 15.3. The van der Waals surface area contributed by atoms with Crippen molar-refractivity contribution >= 4 is 0 Å². The quantitative estimate of drug-likeness (QED) is 0.810. The van der Waals surface area contributed by atoms with Crippen LogP contribution in [0.5, 0.6) is 0 Å². The second-order valence-electron chi connectivity index (χ2n) is 7.25. The Hall–Kier alpha value is -0.0800. The fourth-order valence-electron chi connectivity index (χ4n) is 3.86. The lowest BCUT2D eigenvalue weighted by molar-refractivity contribution is 0.0683. The fraction of sp³-hybridized carbons (Fsp3) is 1.00. The Morgan fingerprint density at radius 2 is 1.82 bits per heavy atom. The molecule has 1 unspecified atom stereocenters. The third-order valence-corrected chi connectivity index (χ3v) is 4.99. The van der Waals surface area contributed by atoms with Gasteiger partial charge in [0.2, 0.25) is 0 Å². The highest BCUT2D eigenvalue weighted by molar-refractivity contribution is 4.99. The molecular formula is C15H28N2. The van der Waals surface area contributed by atoms with Gasteiger partial charge >= 0.3 is 0 Å². The second-order valence-corrected chi connectivity index (χ2v) is 7.25. The van der Waals surface area contributed by atoms with Crippen LogP contribution in [0.2, 0.25) is 0 Å². The number of nitrogens with zero attached hydrogens (tertiary/aromatic N) is 1. The van der Waals surface area contributed by atoms with E-state index in [9.17, 15) is 0 Å². The van der Waals surface area contributed by atoms with Crippen LogP contribution >= 0.6 is 0 Å². The number of nitrogens with one attached hydrogen (secondary N) is 1. The summed E-state index contributed by atoms with van der Waals surface area (Å²) in [5, 5.41) is 3.74. The van der Waals surface area contributed by atoms with Gasteiger partial charge < -0.3 is 5.32 Å². The van der Waals surface area contributed by atoms with Crippen molar-refractivity contribution in [2.45, 2.75) is 64.0 Å². The van der Waals surface area contributed by atoms with Crippen LogP contribution < -0.4 is 5.32 Å². The van der Waals surface area contributed by atoms with E-state index in [0.29, 0.717) is 5.54 Å². The summed E-state index contributed by atoms with van der Waals surface area (Å²) in [5.74, 6) is 2.02. The maximum atomic E-state index is 3.74. The largest absolute Gasteiger partial charge is 0.309 e. The van der Waals surface area contributed by atoms with Gasteiger partial charge in [-0.25, -0.2) is 0 Å². The molecule has 0 amide bonds. The van der Waals surface area contributed by atoms with Gasteiger partial charge in [0.15, 0.2) is 0 Å². The Morgan fingerprint density at radius 3 is 2.47 bits per heavy atom. The van der Waals surface area contributed by atoms with E-state index in [-0.39, 0.29) is 0 Å². The molecule has 98 valence electrons. The predicted molar refractivity (Wildman–Crippen MR) is 72.1 cm³/mol. The van der Waals surface area contributed by atoms with Crippen molar-refractivity contribution in [3.05, 3.63) is 0 Å². The lowest BCUT2D eigenvalue weighted by Gasteiger charge is -2.46. The molecule has 17 heavy (non-hydrogen) atoms. The Balaban J connectivity index is 1.63. The number of hydrogen-bond acceptors (Lipinski definition) is 2. The van der Waals surface area contributed by atoms with Gasteiger partial charge in [-0.2, -0.15) is 0 Å². The zero-order valence-electron chi connectivity index (χ0n) is 11.5. The van der Waals surface area contributed by atoms with E-state index in [1.165, 1.54) is 58.2 Å². The Bertz CT molecular complexity index is 264. The van der Waals surface area contributed by atoms with E-state index >= 15 is 0 Å². The molecule has 1 heterocycles. The maximum absolute atomic E-state index is 3.74. The molecule has 2 saturated carbocycles. The topological polar surface area (TPSA) is 15.3 Å². The molecule has 2 heteroatoms. The minimum Gasteiger partial charge on any atom is -0.309 e. The van der Waals surface area contributed by atoms with Crippen molar-refractivity contribution in [3.63, 3.8) is 0 Å². The molecule has 1 atom stereocenters. The van der Waals surface area contributed by atoms with Gasteiger partial charge in [0, 0.05) is 31.2 Å². The number of piperazine rings is 1. The summed E-state index contributed by atoms with van der Waals surface area (Å²) in [7, 11) is 0. The average Bonchev–Trinajstić information content (AvgIpc) is 2.96. The minimum absolute atomic E-state index is 0.323. The molecule has 0 aromatic rings. The van der Waals surface area contributed by atoms with Gasteiger partial charge in [0.05, 0.1) is 0 Å². The van der Waals surface area contributed by atoms with Crippen LogP contribution in [0.15, 0.2) is 0 Å². The second kappa shape index (κ2) is 4.55. The van der Waals surface area contributed by atoms with Gasteiger partial charge in [-0.1, -0.05) is 12.8 Å². The summed E-state index contributed by atoms with van der Waals surface area (Å²) >= 11 is 0. The van der Waals surface area contributed by atoms with Gasteiger partial charge in [-0.05, 0) is 51.4 Å². The SMILES string of the molecule is CC1(C)CN(CC2CCCC2)C(C2CC2)CN1. The van der Waals surface area contributed by atoms with Crippen molar-refractivity contribution in [2.75, 3.05) is 19.6 Å². The number of rotatable bonds is 3. The molecule has 2 aliphatic carbocycles. The van der Waals surface area contributed by atoms with Gasteiger partial charge in [-0.15, -0.1) is 0 Å². The fourth-order valence-corrected chi connectivity index (χ4v) is 3.86. The third kappa shape index (κ3) is 2.85. The maximum Gasteiger partial charge on any atom is 0.0252 e. The first kappa shape index (κ1) is 12.0. The van der Waals surface area contributed by atoms with E-state index in [2.05, 4.69) is 24.1 Å². The first-order valence-corrected chi connectivity index (χ1v) is 7.63. The third-order valence-electron chi connectivity index (χ3n) is 4.99. The highest BCUT2D eigenvalue weighted by Crippen LogP contribution is 2.38. The normalized spacial score (nSPS) is 35.3. The van der Waals surface area contributed by atoms with Gasteiger partial charge in [0.25, 0.3) is 0 Å². The van der Waals surface area contributed by atoms with Crippen LogP contribution in [0.3, 0.4) is 0 Å². The van der Waals surface area contributed by atoms with E-state index in [1.54, 1.807) is 0 Å².